The fourth-order valence-corrected chi connectivity index (χ4v) is 2.01. The van der Waals surface area contributed by atoms with Crippen LogP contribution in [0.15, 0.2) is 60.2 Å². The van der Waals surface area contributed by atoms with Crippen molar-refractivity contribution in [1.29, 1.82) is 0 Å². The van der Waals surface area contributed by atoms with E-state index in [0.29, 0.717) is 24.7 Å². The van der Waals surface area contributed by atoms with E-state index in [1.54, 1.807) is 19.4 Å². The lowest BCUT2D eigenvalue weighted by Gasteiger charge is -2.09. The highest BCUT2D eigenvalue weighted by Crippen LogP contribution is 2.22. The van der Waals surface area contributed by atoms with Crippen LogP contribution in [0.2, 0.25) is 0 Å². The number of benzene rings is 1. The van der Waals surface area contributed by atoms with Gasteiger partial charge in [-0.05, 0) is 36.8 Å². The molecule has 0 aliphatic heterocycles. The van der Waals surface area contributed by atoms with Crippen LogP contribution in [0.4, 0.5) is 0 Å². The first-order chi connectivity index (χ1) is 12.2. The number of hydrogen-bond acceptors (Lipinski definition) is 4. The van der Waals surface area contributed by atoms with Crippen LogP contribution in [0.1, 0.15) is 12.5 Å². The minimum Gasteiger partial charge on any atom is -0.497 e. The fraction of sp³-hybridized carbons (Fsp3) is 0.263. The molecule has 1 heterocycles. The topological polar surface area (TPSA) is 67.8 Å². The van der Waals surface area contributed by atoms with Crippen LogP contribution in [0.5, 0.6) is 17.4 Å². The average Bonchev–Trinajstić information content (AvgIpc) is 2.66. The maximum absolute atomic E-state index is 5.71. The predicted octanol–water partition coefficient (Wildman–Crippen LogP) is 3.12. The lowest BCUT2D eigenvalue weighted by Crippen LogP contribution is -2.37. The molecule has 0 aliphatic rings. The van der Waals surface area contributed by atoms with Crippen molar-refractivity contribution in [2.75, 3.05) is 20.2 Å². The van der Waals surface area contributed by atoms with Crippen molar-refractivity contribution in [3.05, 3.63) is 60.8 Å². The van der Waals surface area contributed by atoms with Crippen molar-refractivity contribution in [3.63, 3.8) is 0 Å². The van der Waals surface area contributed by atoms with E-state index < -0.39 is 0 Å². The van der Waals surface area contributed by atoms with Crippen molar-refractivity contribution in [1.82, 2.24) is 15.6 Å². The molecule has 0 aliphatic carbocycles. The van der Waals surface area contributed by atoms with E-state index in [1.165, 1.54) is 0 Å². The summed E-state index contributed by atoms with van der Waals surface area (Å²) in [7, 11) is 1.63. The Kier molecular flexibility index (Phi) is 7.31. The molecule has 2 aromatic rings. The molecule has 0 amide bonds. The third-order valence-electron chi connectivity index (χ3n) is 3.26. The van der Waals surface area contributed by atoms with E-state index in [-0.39, 0.29) is 0 Å². The van der Waals surface area contributed by atoms with Crippen molar-refractivity contribution in [2.45, 2.75) is 13.5 Å². The molecule has 0 radical (unpaired) electrons. The van der Waals surface area contributed by atoms with Crippen LogP contribution in [-0.2, 0) is 6.54 Å². The van der Waals surface area contributed by atoms with E-state index in [9.17, 15) is 0 Å². The number of aliphatic imine (C=N–C) groups is 1. The lowest BCUT2D eigenvalue weighted by molar-refractivity contribution is 0.412. The number of pyridine rings is 1. The highest BCUT2D eigenvalue weighted by molar-refractivity contribution is 5.79. The standard InChI is InChI=1S/C19H24N4O2/c1-4-12-21-19(20-5-2)23-14-15-6-11-18(22-13-15)25-17-9-7-16(24-3)8-10-17/h4,6-11,13H,1,5,12,14H2,2-3H3,(H2,20,21,23). The number of guanidine groups is 1. The summed E-state index contributed by atoms with van der Waals surface area (Å²) in [6, 6.07) is 11.2. The molecule has 0 saturated carbocycles. The summed E-state index contributed by atoms with van der Waals surface area (Å²) in [4.78, 5) is 8.83. The summed E-state index contributed by atoms with van der Waals surface area (Å²) in [5, 5.41) is 6.34. The van der Waals surface area contributed by atoms with E-state index in [0.717, 1.165) is 23.8 Å². The molecule has 1 aromatic carbocycles. The number of hydrogen-bond donors (Lipinski definition) is 2. The highest BCUT2D eigenvalue weighted by Gasteiger charge is 2.01. The Balaban J connectivity index is 1.94. The molecule has 0 fully saturated rings. The van der Waals surface area contributed by atoms with E-state index in [2.05, 4.69) is 27.2 Å². The summed E-state index contributed by atoms with van der Waals surface area (Å²) in [6.45, 7) is 7.71. The van der Waals surface area contributed by atoms with E-state index in [1.807, 2.05) is 43.3 Å². The molecular weight excluding hydrogens is 316 g/mol. The van der Waals surface area contributed by atoms with Crippen molar-refractivity contribution >= 4 is 5.96 Å². The number of ether oxygens (including phenoxy) is 2. The minimum absolute atomic E-state index is 0.530. The Bertz CT molecular complexity index is 682. The fourth-order valence-electron chi connectivity index (χ4n) is 2.01. The van der Waals surface area contributed by atoms with Gasteiger partial charge >= 0.3 is 0 Å². The monoisotopic (exact) mass is 340 g/mol. The zero-order valence-corrected chi connectivity index (χ0v) is 14.7. The third kappa shape index (κ3) is 6.18. The summed E-state index contributed by atoms with van der Waals surface area (Å²) < 4.78 is 10.8. The second kappa shape index (κ2) is 9.97. The zero-order chi connectivity index (χ0) is 17.9. The molecule has 0 saturated heterocycles. The van der Waals surface area contributed by atoms with Crippen molar-refractivity contribution in [2.24, 2.45) is 4.99 Å². The van der Waals surface area contributed by atoms with Gasteiger partial charge in [-0.1, -0.05) is 12.1 Å². The number of rotatable bonds is 8. The quantitative estimate of drug-likeness (QED) is 0.439. The van der Waals surface area contributed by atoms with Crippen LogP contribution in [0.25, 0.3) is 0 Å². The maximum atomic E-state index is 5.71. The number of aromatic nitrogens is 1. The van der Waals surface area contributed by atoms with Crippen LogP contribution < -0.4 is 20.1 Å². The molecule has 25 heavy (non-hydrogen) atoms. The van der Waals surface area contributed by atoms with Gasteiger partial charge in [-0.25, -0.2) is 9.98 Å². The molecule has 2 N–H and O–H groups in total. The largest absolute Gasteiger partial charge is 0.497 e. The van der Waals surface area contributed by atoms with Gasteiger partial charge in [-0.3, -0.25) is 0 Å². The Morgan fingerprint density at radius 2 is 1.92 bits per heavy atom. The molecular formula is C19H24N4O2. The van der Waals surface area contributed by atoms with Gasteiger partial charge in [0.05, 0.1) is 13.7 Å². The summed E-state index contributed by atoms with van der Waals surface area (Å²) in [6.07, 6.45) is 3.55. The smallest absolute Gasteiger partial charge is 0.219 e. The van der Waals surface area contributed by atoms with Gasteiger partial charge in [0.1, 0.15) is 11.5 Å². The van der Waals surface area contributed by atoms with Crippen LogP contribution in [0.3, 0.4) is 0 Å². The van der Waals surface area contributed by atoms with Gasteiger partial charge in [0.15, 0.2) is 5.96 Å². The third-order valence-corrected chi connectivity index (χ3v) is 3.26. The number of methoxy groups -OCH3 is 1. The van der Waals surface area contributed by atoms with Crippen molar-refractivity contribution in [3.8, 4) is 17.4 Å². The van der Waals surface area contributed by atoms with Crippen LogP contribution in [0, 0.1) is 0 Å². The molecule has 132 valence electrons. The second-order valence-electron chi connectivity index (χ2n) is 5.15. The SMILES string of the molecule is C=CCNC(=NCc1ccc(Oc2ccc(OC)cc2)nc1)NCC. The molecule has 0 atom stereocenters. The maximum Gasteiger partial charge on any atom is 0.219 e. The zero-order valence-electron chi connectivity index (χ0n) is 14.7. The molecule has 1 aromatic heterocycles. The van der Waals surface area contributed by atoms with Gasteiger partial charge in [-0.2, -0.15) is 0 Å². The Labute approximate surface area is 148 Å². The number of nitrogens with one attached hydrogen (secondary N) is 2. The van der Waals surface area contributed by atoms with Gasteiger partial charge in [-0.15, -0.1) is 6.58 Å². The first-order valence-corrected chi connectivity index (χ1v) is 8.15. The Morgan fingerprint density at radius 3 is 2.52 bits per heavy atom. The van der Waals surface area contributed by atoms with Crippen molar-refractivity contribution < 1.29 is 9.47 Å². The van der Waals surface area contributed by atoms with E-state index >= 15 is 0 Å². The normalized spacial score (nSPS) is 10.9. The van der Waals surface area contributed by atoms with Gasteiger partial charge < -0.3 is 20.1 Å². The van der Waals surface area contributed by atoms with Gasteiger partial charge in [0, 0.05) is 25.4 Å². The highest BCUT2D eigenvalue weighted by atomic mass is 16.5. The first kappa shape index (κ1) is 18.3. The molecule has 2 rings (SSSR count). The Morgan fingerprint density at radius 1 is 1.16 bits per heavy atom. The number of nitrogens with zero attached hydrogens (tertiary/aromatic N) is 2. The minimum atomic E-state index is 0.530. The van der Waals surface area contributed by atoms with Gasteiger partial charge in [0.2, 0.25) is 5.88 Å². The predicted molar refractivity (Wildman–Crippen MR) is 100 cm³/mol. The van der Waals surface area contributed by atoms with Gasteiger partial charge in [0.25, 0.3) is 0 Å². The summed E-state index contributed by atoms with van der Waals surface area (Å²) in [5.74, 6) is 2.78. The molecule has 0 bridgehead atoms. The first-order valence-electron chi connectivity index (χ1n) is 8.15. The lowest BCUT2D eigenvalue weighted by atomic mass is 10.3. The molecule has 6 heteroatoms. The second-order valence-corrected chi connectivity index (χ2v) is 5.15. The Hall–Kier alpha value is -3.02. The van der Waals surface area contributed by atoms with Crippen LogP contribution in [-0.4, -0.2) is 31.1 Å². The molecule has 0 spiro atoms. The average molecular weight is 340 g/mol. The van der Waals surface area contributed by atoms with E-state index in [4.69, 9.17) is 9.47 Å². The molecule has 6 nitrogen and oxygen atoms in total. The molecule has 0 unspecified atom stereocenters. The summed E-state index contributed by atoms with van der Waals surface area (Å²) in [5.41, 5.74) is 0.998. The summed E-state index contributed by atoms with van der Waals surface area (Å²) >= 11 is 0. The van der Waals surface area contributed by atoms with Crippen LogP contribution >= 0.6 is 0 Å².